The average molecular weight is 144 g/mol. The smallest absolute Gasteiger partial charge is 0.299 e. The van der Waals surface area contributed by atoms with Crippen molar-refractivity contribution >= 4 is 11.8 Å². The topological polar surface area (TPSA) is 52.6 Å². The van der Waals surface area contributed by atoms with Gasteiger partial charge in [-0.25, -0.2) is 4.79 Å². The van der Waals surface area contributed by atoms with Gasteiger partial charge in [0.05, 0.1) is 0 Å². The Hall–Kier alpha value is -1.32. The van der Waals surface area contributed by atoms with Crippen molar-refractivity contribution in [1.82, 2.24) is 0 Å². The molecule has 0 rings (SSSR count). The molecule has 0 saturated heterocycles. The predicted molar refractivity (Wildman–Crippen MR) is 32.7 cm³/mol. The molecule has 0 amide bonds. The van der Waals surface area contributed by atoms with Crippen LogP contribution in [0.15, 0.2) is 12.8 Å². The zero-order valence-corrected chi connectivity index (χ0v) is 5.62. The lowest BCUT2D eigenvalue weighted by Crippen LogP contribution is -2.07. The summed E-state index contributed by atoms with van der Waals surface area (Å²) in [5.74, 6) is -0.981. The Labute approximate surface area is 58.4 Å². The molecule has 0 aliphatic rings. The van der Waals surface area contributed by atoms with E-state index in [4.69, 9.17) is 0 Å². The molecule has 10 heavy (non-hydrogen) atoms. The zero-order valence-electron chi connectivity index (χ0n) is 5.62. The van der Waals surface area contributed by atoms with Crippen molar-refractivity contribution in [3.05, 3.63) is 12.8 Å². The second-order valence-electron chi connectivity index (χ2n) is 1.60. The molecule has 0 heterocycles. The number of carbonyl (C=O) groups is 2. The van der Waals surface area contributed by atoms with E-state index in [1.165, 1.54) is 6.92 Å². The third-order valence-corrected chi connectivity index (χ3v) is 0.602. The van der Waals surface area contributed by atoms with E-state index in [2.05, 4.69) is 16.4 Å². The maximum Gasteiger partial charge on any atom is 0.362 e. The summed E-state index contributed by atoms with van der Waals surface area (Å²) in [5, 5.41) is 0. The fourth-order valence-electron chi connectivity index (χ4n) is 0.320. The van der Waals surface area contributed by atoms with Gasteiger partial charge in [-0.05, 0) is 6.92 Å². The SMILES string of the molecule is C=COOC(=O)CC(C)=O. The highest BCUT2D eigenvalue weighted by atomic mass is 17.2. The molecule has 0 aromatic rings. The van der Waals surface area contributed by atoms with E-state index in [0.717, 1.165) is 6.26 Å². The second kappa shape index (κ2) is 4.55. The van der Waals surface area contributed by atoms with E-state index < -0.39 is 5.97 Å². The van der Waals surface area contributed by atoms with Crippen LogP contribution in [0.1, 0.15) is 13.3 Å². The van der Waals surface area contributed by atoms with Gasteiger partial charge in [-0.15, -0.1) is 0 Å². The van der Waals surface area contributed by atoms with Gasteiger partial charge in [0.2, 0.25) is 0 Å². The molecule has 0 saturated carbocycles. The predicted octanol–water partition coefficient (Wildman–Crippen LogP) is 0.584. The molecule has 0 bridgehead atoms. The third kappa shape index (κ3) is 4.83. The van der Waals surface area contributed by atoms with Crippen molar-refractivity contribution in [2.75, 3.05) is 0 Å². The molecule has 0 unspecified atom stereocenters. The maximum atomic E-state index is 10.4. The molecule has 0 aliphatic carbocycles. The van der Waals surface area contributed by atoms with E-state index in [0.29, 0.717) is 0 Å². The Kier molecular flexibility index (Phi) is 3.95. The number of ketones is 1. The van der Waals surface area contributed by atoms with Gasteiger partial charge in [-0.1, -0.05) is 6.58 Å². The lowest BCUT2D eigenvalue weighted by molar-refractivity contribution is -0.237. The highest BCUT2D eigenvalue weighted by Crippen LogP contribution is 1.88. The highest BCUT2D eigenvalue weighted by Gasteiger charge is 2.06. The minimum absolute atomic E-state index is 0.266. The molecule has 56 valence electrons. The fourth-order valence-corrected chi connectivity index (χ4v) is 0.320. The van der Waals surface area contributed by atoms with Crippen LogP contribution in [0.5, 0.6) is 0 Å². The first-order valence-electron chi connectivity index (χ1n) is 2.63. The van der Waals surface area contributed by atoms with Gasteiger partial charge in [0.25, 0.3) is 0 Å². The Morgan fingerprint density at radius 2 is 2.20 bits per heavy atom. The molecule has 0 aromatic carbocycles. The molecular formula is C6H8O4. The first-order chi connectivity index (χ1) is 4.66. The number of hydrogen-bond donors (Lipinski definition) is 0. The second-order valence-corrected chi connectivity index (χ2v) is 1.60. The summed E-state index contributed by atoms with van der Waals surface area (Å²) in [5.41, 5.74) is 0. The van der Waals surface area contributed by atoms with Crippen LogP contribution < -0.4 is 0 Å². The summed E-state index contributed by atoms with van der Waals surface area (Å²) in [6.45, 7) is 4.41. The lowest BCUT2D eigenvalue weighted by atomic mass is 10.3. The quantitative estimate of drug-likeness (QED) is 0.251. The molecule has 0 aromatic heterocycles. The number of rotatable bonds is 4. The number of Topliss-reactive ketones (excluding diaryl/α,β-unsaturated/α-hetero) is 1. The summed E-state index contributed by atoms with van der Waals surface area (Å²) >= 11 is 0. The van der Waals surface area contributed by atoms with Crippen LogP contribution in [0, 0.1) is 0 Å². The van der Waals surface area contributed by atoms with Crippen molar-refractivity contribution in [2.45, 2.75) is 13.3 Å². The van der Waals surface area contributed by atoms with Crippen LogP contribution in [-0.2, 0) is 19.4 Å². The summed E-state index contributed by atoms with van der Waals surface area (Å²) in [6.07, 6.45) is 0.686. The summed E-state index contributed by atoms with van der Waals surface area (Å²) in [7, 11) is 0. The van der Waals surface area contributed by atoms with Crippen molar-refractivity contribution in [3.8, 4) is 0 Å². The molecule has 0 fully saturated rings. The number of hydrogen-bond acceptors (Lipinski definition) is 4. The Bertz CT molecular complexity index is 150. The van der Waals surface area contributed by atoms with E-state index in [1.807, 2.05) is 0 Å². The van der Waals surface area contributed by atoms with Crippen molar-refractivity contribution in [1.29, 1.82) is 0 Å². The van der Waals surface area contributed by atoms with Gasteiger partial charge in [0, 0.05) is 0 Å². The lowest BCUT2D eigenvalue weighted by Gasteiger charge is -1.95. The van der Waals surface area contributed by atoms with E-state index >= 15 is 0 Å². The summed E-state index contributed by atoms with van der Waals surface area (Å²) in [6, 6.07) is 0. The monoisotopic (exact) mass is 144 g/mol. The minimum Gasteiger partial charge on any atom is -0.299 e. The van der Waals surface area contributed by atoms with Gasteiger partial charge >= 0.3 is 5.97 Å². The molecule has 0 N–H and O–H groups in total. The Balaban J connectivity index is 3.43. The largest absolute Gasteiger partial charge is 0.362 e. The molecule has 0 aliphatic heterocycles. The zero-order chi connectivity index (χ0) is 7.98. The average Bonchev–Trinajstić information content (AvgIpc) is 1.82. The first-order valence-corrected chi connectivity index (χ1v) is 2.63. The van der Waals surface area contributed by atoms with Crippen LogP contribution in [0.4, 0.5) is 0 Å². The molecule has 0 atom stereocenters. The van der Waals surface area contributed by atoms with E-state index in [1.54, 1.807) is 0 Å². The van der Waals surface area contributed by atoms with Crippen molar-refractivity contribution in [3.63, 3.8) is 0 Å². The van der Waals surface area contributed by atoms with E-state index in [9.17, 15) is 9.59 Å². The van der Waals surface area contributed by atoms with Crippen molar-refractivity contribution in [2.24, 2.45) is 0 Å². The summed E-state index contributed by atoms with van der Waals surface area (Å²) < 4.78 is 0. The van der Waals surface area contributed by atoms with Gasteiger partial charge in [-0.3, -0.25) is 14.6 Å². The first kappa shape index (κ1) is 8.68. The molecular weight excluding hydrogens is 136 g/mol. The standard InChI is InChI=1S/C6H8O4/c1-3-9-10-6(8)4-5(2)7/h3H,1,4H2,2H3. The minimum atomic E-state index is -0.715. The Morgan fingerprint density at radius 3 is 2.60 bits per heavy atom. The summed E-state index contributed by atoms with van der Waals surface area (Å²) in [4.78, 5) is 28.7. The van der Waals surface area contributed by atoms with Crippen LogP contribution in [0.3, 0.4) is 0 Å². The molecule has 0 radical (unpaired) electrons. The van der Waals surface area contributed by atoms with Crippen LogP contribution in [0.2, 0.25) is 0 Å². The van der Waals surface area contributed by atoms with Crippen LogP contribution in [0.25, 0.3) is 0 Å². The molecule has 0 spiro atoms. The van der Waals surface area contributed by atoms with Crippen LogP contribution >= 0.6 is 0 Å². The van der Waals surface area contributed by atoms with Gasteiger partial charge in [0.1, 0.15) is 18.5 Å². The highest BCUT2D eigenvalue weighted by molar-refractivity contribution is 5.93. The number of carbonyl (C=O) groups excluding carboxylic acids is 2. The normalized spacial score (nSPS) is 8.10. The van der Waals surface area contributed by atoms with Crippen molar-refractivity contribution < 1.29 is 19.4 Å². The third-order valence-electron chi connectivity index (χ3n) is 0.602. The van der Waals surface area contributed by atoms with Gasteiger partial charge < -0.3 is 0 Å². The maximum absolute atomic E-state index is 10.4. The van der Waals surface area contributed by atoms with Gasteiger partial charge in [-0.2, -0.15) is 0 Å². The fraction of sp³-hybridized carbons (Fsp3) is 0.333. The van der Waals surface area contributed by atoms with Crippen LogP contribution in [-0.4, -0.2) is 11.8 Å². The van der Waals surface area contributed by atoms with E-state index in [-0.39, 0.29) is 12.2 Å². The molecule has 4 nitrogen and oxygen atoms in total. The molecule has 4 heteroatoms. The Morgan fingerprint density at radius 1 is 1.60 bits per heavy atom. The van der Waals surface area contributed by atoms with Gasteiger partial charge in [0.15, 0.2) is 0 Å².